The largest absolute Gasteiger partial charge is 0.301 e. The van der Waals surface area contributed by atoms with Crippen LogP contribution in [0.4, 0.5) is 0 Å². The topological polar surface area (TPSA) is 3.24 Å². The van der Waals surface area contributed by atoms with Crippen LogP contribution in [-0.2, 0) is 0 Å². The quantitative estimate of drug-likeness (QED) is 0.574. The van der Waals surface area contributed by atoms with E-state index in [0.29, 0.717) is 0 Å². The molecular weight excluding hydrogens is 142 g/mol. The minimum absolute atomic E-state index is 0.837. The van der Waals surface area contributed by atoms with Crippen molar-refractivity contribution < 1.29 is 0 Å². The monoisotopic (exact) mass is 159 g/mol. The number of nitrogens with zero attached hydrogens (tertiary/aromatic N) is 1. The van der Waals surface area contributed by atoms with Crippen molar-refractivity contribution >= 4 is 11.8 Å². The van der Waals surface area contributed by atoms with Gasteiger partial charge in [0, 0.05) is 23.6 Å². The molecule has 0 saturated carbocycles. The molecule has 0 aromatic rings. The first-order valence-corrected chi connectivity index (χ1v) is 5.04. The van der Waals surface area contributed by atoms with Gasteiger partial charge >= 0.3 is 0 Å². The van der Waals surface area contributed by atoms with Gasteiger partial charge in [0.25, 0.3) is 0 Å². The Bertz CT molecular complexity index is 95.4. The van der Waals surface area contributed by atoms with Crippen molar-refractivity contribution in [2.24, 2.45) is 0 Å². The number of rotatable bonds is 1. The van der Waals surface area contributed by atoms with Gasteiger partial charge in [-0.05, 0) is 6.54 Å². The fourth-order valence-electron chi connectivity index (χ4n) is 1.54. The highest BCUT2D eigenvalue weighted by atomic mass is 32.2. The van der Waals surface area contributed by atoms with Gasteiger partial charge in [-0.1, -0.05) is 20.8 Å². The summed E-state index contributed by atoms with van der Waals surface area (Å²) in [5.74, 6) is 0. The third-order valence-corrected chi connectivity index (χ3v) is 3.17. The smallest absolute Gasteiger partial charge is 0.0149 e. The van der Waals surface area contributed by atoms with Crippen LogP contribution < -0.4 is 0 Å². The first-order chi connectivity index (χ1) is 4.72. The zero-order chi connectivity index (χ0) is 7.56. The van der Waals surface area contributed by atoms with Gasteiger partial charge in [-0.15, -0.1) is 0 Å². The van der Waals surface area contributed by atoms with E-state index >= 15 is 0 Å². The van der Waals surface area contributed by atoms with Crippen molar-refractivity contribution in [3.05, 3.63) is 0 Å². The normalized spacial score (nSPS) is 36.3. The summed E-state index contributed by atoms with van der Waals surface area (Å²) in [6, 6.07) is 0. The molecule has 1 aliphatic heterocycles. The lowest BCUT2D eigenvalue weighted by atomic mass is 10.3. The van der Waals surface area contributed by atoms with Gasteiger partial charge in [0.15, 0.2) is 0 Å². The second-order valence-corrected chi connectivity index (χ2v) is 4.99. The Morgan fingerprint density at radius 1 is 1.30 bits per heavy atom. The Kier molecular flexibility index (Phi) is 3.05. The lowest BCUT2D eigenvalue weighted by Crippen LogP contribution is -2.39. The molecule has 60 valence electrons. The first kappa shape index (κ1) is 8.41. The Labute approximate surface area is 68.2 Å². The van der Waals surface area contributed by atoms with E-state index in [2.05, 4.69) is 37.4 Å². The van der Waals surface area contributed by atoms with Gasteiger partial charge < -0.3 is 4.90 Å². The molecule has 0 aliphatic carbocycles. The average molecular weight is 159 g/mol. The van der Waals surface area contributed by atoms with E-state index in [1.165, 1.54) is 19.6 Å². The Morgan fingerprint density at radius 2 is 1.80 bits per heavy atom. The molecule has 10 heavy (non-hydrogen) atoms. The van der Waals surface area contributed by atoms with Crippen LogP contribution in [-0.4, -0.2) is 35.0 Å². The minimum Gasteiger partial charge on any atom is -0.301 e. The summed E-state index contributed by atoms with van der Waals surface area (Å²) in [4.78, 5) is 2.53. The lowest BCUT2D eigenvalue weighted by molar-refractivity contribution is 0.285. The Morgan fingerprint density at radius 3 is 2.20 bits per heavy atom. The van der Waals surface area contributed by atoms with E-state index in [9.17, 15) is 0 Å². The van der Waals surface area contributed by atoms with Crippen LogP contribution in [0, 0.1) is 0 Å². The van der Waals surface area contributed by atoms with E-state index in [4.69, 9.17) is 0 Å². The minimum atomic E-state index is 0.837. The zero-order valence-electron chi connectivity index (χ0n) is 7.13. The molecule has 0 aromatic carbocycles. The van der Waals surface area contributed by atoms with Crippen LogP contribution in [0.3, 0.4) is 0 Å². The summed E-state index contributed by atoms with van der Waals surface area (Å²) in [5, 5.41) is 1.67. The average Bonchev–Trinajstić information content (AvgIpc) is 1.85. The predicted octanol–water partition coefficient (Wildman–Crippen LogP) is 1.83. The molecule has 1 nitrogen and oxygen atoms in total. The molecule has 0 bridgehead atoms. The van der Waals surface area contributed by atoms with Gasteiger partial charge in [0.1, 0.15) is 0 Å². The highest BCUT2D eigenvalue weighted by molar-refractivity contribution is 8.00. The predicted molar refractivity (Wildman–Crippen MR) is 48.6 cm³/mol. The van der Waals surface area contributed by atoms with Crippen LogP contribution in [0.25, 0.3) is 0 Å². The van der Waals surface area contributed by atoms with E-state index < -0.39 is 0 Å². The zero-order valence-corrected chi connectivity index (χ0v) is 7.95. The van der Waals surface area contributed by atoms with E-state index in [1.807, 2.05) is 0 Å². The lowest BCUT2D eigenvalue weighted by Gasteiger charge is -2.33. The number of hydrogen-bond acceptors (Lipinski definition) is 2. The molecule has 0 amide bonds. The third-order valence-electron chi connectivity index (χ3n) is 1.94. The van der Waals surface area contributed by atoms with Crippen molar-refractivity contribution in [1.29, 1.82) is 0 Å². The highest BCUT2D eigenvalue weighted by Crippen LogP contribution is 2.23. The van der Waals surface area contributed by atoms with Crippen molar-refractivity contribution in [3.63, 3.8) is 0 Å². The summed E-state index contributed by atoms with van der Waals surface area (Å²) in [6.45, 7) is 10.7. The van der Waals surface area contributed by atoms with Crippen LogP contribution in [0.2, 0.25) is 0 Å². The summed E-state index contributed by atoms with van der Waals surface area (Å²) in [6.07, 6.45) is 0. The maximum absolute atomic E-state index is 2.53. The van der Waals surface area contributed by atoms with Crippen LogP contribution >= 0.6 is 11.8 Å². The standard InChI is InChI=1S/C8H17NS/c1-4-9-5-7(2)10-8(3)6-9/h7-8H,4-6H2,1-3H3/t7-,8+. The van der Waals surface area contributed by atoms with Crippen LogP contribution in [0.1, 0.15) is 20.8 Å². The summed E-state index contributed by atoms with van der Waals surface area (Å²) in [7, 11) is 0. The highest BCUT2D eigenvalue weighted by Gasteiger charge is 2.20. The molecule has 0 aromatic heterocycles. The number of hydrogen-bond donors (Lipinski definition) is 0. The van der Waals surface area contributed by atoms with Gasteiger partial charge in [0.05, 0.1) is 0 Å². The molecule has 2 atom stereocenters. The molecule has 0 N–H and O–H groups in total. The Balaban J connectivity index is 2.35. The maximum atomic E-state index is 2.53. The maximum Gasteiger partial charge on any atom is 0.0149 e. The van der Waals surface area contributed by atoms with Gasteiger partial charge in [-0.25, -0.2) is 0 Å². The van der Waals surface area contributed by atoms with Crippen molar-refractivity contribution in [2.75, 3.05) is 19.6 Å². The van der Waals surface area contributed by atoms with Crippen molar-refractivity contribution in [3.8, 4) is 0 Å². The molecule has 1 rings (SSSR count). The number of thioether (sulfide) groups is 1. The van der Waals surface area contributed by atoms with Gasteiger partial charge in [0.2, 0.25) is 0 Å². The van der Waals surface area contributed by atoms with Gasteiger partial charge in [-0.3, -0.25) is 0 Å². The summed E-state index contributed by atoms with van der Waals surface area (Å²) in [5.41, 5.74) is 0. The molecule has 0 radical (unpaired) electrons. The second-order valence-electron chi connectivity index (χ2n) is 3.11. The fraction of sp³-hybridized carbons (Fsp3) is 1.00. The van der Waals surface area contributed by atoms with Crippen LogP contribution in [0.5, 0.6) is 0 Å². The molecule has 0 unspecified atom stereocenters. The third kappa shape index (κ3) is 2.17. The molecule has 2 heteroatoms. The molecule has 1 fully saturated rings. The molecule has 1 aliphatic rings. The van der Waals surface area contributed by atoms with E-state index in [0.717, 1.165) is 10.5 Å². The summed E-state index contributed by atoms with van der Waals surface area (Å²) >= 11 is 2.12. The van der Waals surface area contributed by atoms with E-state index in [-0.39, 0.29) is 0 Å². The SMILES string of the molecule is CCN1C[C@@H](C)S[C@@H](C)C1. The van der Waals surface area contributed by atoms with E-state index in [1.54, 1.807) is 0 Å². The fourth-order valence-corrected chi connectivity index (χ4v) is 2.93. The molecule has 1 saturated heterocycles. The summed E-state index contributed by atoms with van der Waals surface area (Å²) < 4.78 is 0. The van der Waals surface area contributed by atoms with Crippen molar-refractivity contribution in [2.45, 2.75) is 31.3 Å². The van der Waals surface area contributed by atoms with Crippen molar-refractivity contribution in [1.82, 2.24) is 4.90 Å². The molecule has 1 heterocycles. The Hall–Kier alpha value is 0.310. The van der Waals surface area contributed by atoms with Gasteiger partial charge in [-0.2, -0.15) is 11.8 Å². The second kappa shape index (κ2) is 3.63. The van der Waals surface area contributed by atoms with Crippen LogP contribution in [0.15, 0.2) is 0 Å². The first-order valence-electron chi connectivity index (χ1n) is 4.10. The molecule has 0 spiro atoms. The molecular formula is C8H17NS.